The Bertz CT molecular complexity index is 973. The number of rotatable bonds is 6. The van der Waals surface area contributed by atoms with Crippen LogP contribution < -0.4 is 9.64 Å². The minimum Gasteiger partial charge on any atom is -0.497 e. The first-order chi connectivity index (χ1) is 12.9. The molecule has 7 nitrogen and oxygen atoms in total. The number of hydrogen-bond donors (Lipinski definition) is 2. The van der Waals surface area contributed by atoms with Gasteiger partial charge in [0.25, 0.3) is 5.91 Å². The Morgan fingerprint density at radius 2 is 2.15 bits per heavy atom. The van der Waals surface area contributed by atoms with Crippen molar-refractivity contribution in [3.63, 3.8) is 0 Å². The average molecular weight is 366 g/mol. The van der Waals surface area contributed by atoms with Gasteiger partial charge in [0.05, 0.1) is 24.9 Å². The molecule has 0 aliphatic carbocycles. The molecule has 0 bridgehead atoms. The molecule has 2 aromatic heterocycles. The Kier molecular flexibility index (Phi) is 5.23. The summed E-state index contributed by atoms with van der Waals surface area (Å²) in [5.74, 6) is 0.368. The van der Waals surface area contributed by atoms with Gasteiger partial charge in [0.2, 0.25) is 0 Å². The van der Waals surface area contributed by atoms with Gasteiger partial charge >= 0.3 is 0 Å². The summed E-state index contributed by atoms with van der Waals surface area (Å²) in [6, 6.07) is 10.9. The van der Waals surface area contributed by atoms with Gasteiger partial charge in [0, 0.05) is 29.4 Å². The van der Waals surface area contributed by atoms with Gasteiger partial charge in [-0.2, -0.15) is 5.10 Å². The maximum Gasteiger partial charge on any atom is 0.251 e. The van der Waals surface area contributed by atoms with Crippen LogP contribution in [0.25, 0.3) is 17.1 Å². The van der Waals surface area contributed by atoms with Gasteiger partial charge in [0.1, 0.15) is 5.75 Å². The van der Waals surface area contributed by atoms with Crippen LogP contribution in [0.2, 0.25) is 0 Å². The molecule has 2 N–H and O–H groups in total. The number of hydrogen-bond acceptors (Lipinski definition) is 5. The Balaban J connectivity index is 1.90. The highest BCUT2D eigenvalue weighted by atomic mass is 16.5. The lowest BCUT2D eigenvalue weighted by Gasteiger charge is -2.28. The molecule has 0 unspecified atom stereocenters. The van der Waals surface area contributed by atoms with Crippen LogP contribution in [0.3, 0.4) is 0 Å². The summed E-state index contributed by atoms with van der Waals surface area (Å²) < 4.78 is 5.24. The van der Waals surface area contributed by atoms with E-state index in [2.05, 4.69) is 15.2 Å². The van der Waals surface area contributed by atoms with E-state index in [9.17, 15) is 9.90 Å². The highest BCUT2D eigenvalue weighted by Crippen LogP contribution is 2.23. The van der Waals surface area contributed by atoms with E-state index in [0.717, 1.165) is 5.39 Å². The number of aromatic amines is 1. The zero-order chi connectivity index (χ0) is 19.4. The number of benzene rings is 1. The molecule has 2 heterocycles. The molecule has 0 saturated heterocycles. The smallest absolute Gasteiger partial charge is 0.251 e. The SMILES string of the molecule is COc1cccc(N(CC(C)(C)O)C(=O)C=Cc2[nH]nc3ncccc23)c1. The van der Waals surface area contributed by atoms with E-state index in [1.807, 2.05) is 12.1 Å². The van der Waals surface area contributed by atoms with Crippen molar-refractivity contribution in [2.75, 3.05) is 18.6 Å². The van der Waals surface area contributed by atoms with Gasteiger partial charge in [-0.05, 0) is 44.2 Å². The molecule has 0 saturated carbocycles. The third kappa shape index (κ3) is 4.51. The summed E-state index contributed by atoms with van der Waals surface area (Å²) in [7, 11) is 1.57. The molecule has 140 valence electrons. The Hall–Kier alpha value is -3.19. The molecule has 0 radical (unpaired) electrons. The van der Waals surface area contributed by atoms with E-state index in [0.29, 0.717) is 22.8 Å². The first kappa shape index (κ1) is 18.6. The van der Waals surface area contributed by atoms with Gasteiger partial charge in [-0.15, -0.1) is 0 Å². The van der Waals surface area contributed by atoms with Crippen molar-refractivity contribution in [2.45, 2.75) is 19.4 Å². The van der Waals surface area contributed by atoms with Gasteiger partial charge in [-0.1, -0.05) is 6.07 Å². The predicted molar refractivity (Wildman–Crippen MR) is 105 cm³/mol. The number of anilines is 1. The summed E-state index contributed by atoms with van der Waals surface area (Å²) in [4.78, 5) is 18.6. The number of pyridine rings is 1. The van der Waals surface area contributed by atoms with Crippen molar-refractivity contribution >= 4 is 28.7 Å². The third-order valence-corrected chi connectivity index (χ3v) is 3.93. The fraction of sp³-hybridized carbons (Fsp3) is 0.250. The number of methoxy groups -OCH3 is 1. The van der Waals surface area contributed by atoms with E-state index in [1.54, 1.807) is 57.5 Å². The first-order valence-electron chi connectivity index (χ1n) is 8.52. The topological polar surface area (TPSA) is 91.3 Å². The molecule has 0 atom stereocenters. The Morgan fingerprint density at radius 3 is 2.89 bits per heavy atom. The quantitative estimate of drug-likeness (QED) is 0.655. The molecular weight excluding hydrogens is 344 g/mol. The van der Waals surface area contributed by atoms with Crippen molar-refractivity contribution in [1.82, 2.24) is 15.2 Å². The van der Waals surface area contributed by atoms with E-state index in [1.165, 1.54) is 11.0 Å². The van der Waals surface area contributed by atoms with E-state index in [4.69, 9.17) is 4.74 Å². The molecule has 27 heavy (non-hydrogen) atoms. The molecule has 0 aliphatic rings. The van der Waals surface area contributed by atoms with E-state index >= 15 is 0 Å². The second-order valence-corrected chi connectivity index (χ2v) is 6.78. The highest BCUT2D eigenvalue weighted by molar-refractivity contribution is 6.04. The van der Waals surface area contributed by atoms with Crippen LogP contribution in [0.15, 0.2) is 48.7 Å². The lowest BCUT2D eigenvalue weighted by atomic mass is 10.1. The summed E-state index contributed by atoms with van der Waals surface area (Å²) in [5.41, 5.74) is 0.866. The van der Waals surface area contributed by atoms with E-state index in [-0.39, 0.29) is 12.5 Å². The van der Waals surface area contributed by atoms with Crippen molar-refractivity contribution in [3.05, 3.63) is 54.4 Å². The summed E-state index contributed by atoms with van der Waals surface area (Å²) in [6.07, 6.45) is 4.78. The number of H-pyrrole nitrogens is 1. The minimum atomic E-state index is -1.06. The number of carbonyl (C=O) groups excluding carboxylic acids is 1. The van der Waals surface area contributed by atoms with Crippen LogP contribution >= 0.6 is 0 Å². The molecule has 3 rings (SSSR count). The predicted octanol–water partition coefficient (Wildman–Crippen LogP) is 2.78. The zero-order valence-electron chi connectivity index (χ0n) is 15.5. The lowest BCUT2D eigenvalue weighted by molar-refractivity contribution is -0.114. The maximum atomic E-state index is 12.9. The zero-order valence-corrected chi connectivity index (χ0v) is 15.5. The number of carbonyl (C=O) groups is 1. The molecule has 1 amide bonds. The number of nitrogens with zero attached hydrogens (tertiary/aromatic N) is 3. The molecule has 1 aromatic carbocycles. The van der Waals surface area contributed by atoms with Crippen LogP contribution in [0.5, 0.6) is 5.75 Å². The monoisotopic (exact) mass is 366 g/mol. The van der Waals surface area contributed by atoms with Crippen molar-refractivity contribution < 1.29 is 14.6 Å². The standard InChI is InChI=1S/C20H22N4O3/c1-20(2,26)13-24(14-6-4-7-15(12-14)27-3)18(25)10-9-17-16-8-5-11-21-19(16)23-22-17/h4-12,26H,13H2,1-3H3,(H,21,22,23). The molecule has 0 aliphatic heterocycles. The number of aromatic nitrogens is 3. The summed E-state index contributed by atoms with van der Waals surface area (Å²) in [6.45, 7) is 3.45. The molecule has 0 fully saturated rings. The van der Waals surface area contributed by atoms with Crippen LogP contribution in [0.1, 0.15) is 19.5 Å². The first-order valence-corrected chi connectivity index (χ1v) is 8.52. The number of nitrogens with one attached hydrogen (secondary N) is 1. The second kappa shape index (κ2) is 7.59. The van der Waals surface area contributed by atoms with Crippen molar-refractivity contribution in [1.29, 1.82) is 0 Å². The molecular formula is C20H22N4O3. The van der Waals surface area contributed by atoms with Gasteiger partial charge in [-0.25, -0.2) is 4.98 Å². The van der Waals surface area contributed by atoms with Crippen LogP contribution in [0, 0.1) is 0 Å². The highest BCUT2D eigenvalue weighted by Gasteiger charge is 2.23. The van der Waals surface area contributed by atoms with E-state index < -0.39 is 5.60 Å². The van der Waals surface area contributed by atoms with Gasteiger partial charge < -0.3 is 14.7 Å². The number of fused-ring (bicyclic) bond motifs is 1. The lowest BCUT2D eigenvalue weighted by Crippen LogP contribution is -2.41. The third-order valence-electron chi connectivity index (χ3n) is 3.93. The minimum absolute atomic E-state index is 0.134. The fourth-order valence-corrected chi connectivity index (χ4v) is 2.70. The molecule has 3 aromatic rings. The number of aliphatic hydroxyl groups is 1. The van der Waals surface area contributed by atoms with Gasteiger partial charge in [-0.3, -0.25) is 9.89 Å². The maximum absolute atomic E-state index is 12.9. The van der Waals surface area contributed by atoms with Crippen LogP contribution in [-0.2, 0) is 4.79 Å². The molecule has 7 heteroatoms. The Labute approximate surface area is 157 Å². The number of amides is 1. The molecule has 0 spiro atoms. The van der Waals surface area contributed by atoms with Crippen molar-refractivity contribution in [3.8, 4) is 5.75 Å². The van der Waals surface area contributed by atoms with Crippen molar-refractivity contribution in [2.24, 2.45) is 0 Å². The van der Waals surface area contributed by atoms with Crippen LogP contribution in [0.4, 0.5) is 5.69 Å². The van der Waals surface area contributed by atoms with Crippen LogP contribution in [-0.4, -0.2) is 45.5 Å². The normalized spacial score (nSPS) is 11.9. The second-order valence-electron chi connectivity index (χ2n) is 6.78. The summed E-state index contributed by atoms with van der Waals surface area (Å²) >= 11 is 0. The number of ether oxygens (including phenoxy) is 1. The fourth-order valence-electron chi connectivity index (χ4n) is 2.70. The van der Waals surface area contributed by atoms with Gasteiger partial charge in [0.15, 0.2) is 5.65 Å². The Morgan fingerprint density at radius 1 is 1.33 bits per heavy atom. The largest absolute Gasteiger partial charge is 0.497 e. The average Bonchev–Trinajstić information content (AvgIpc) is 3.07. The summed E-state index contributed by atoms with van der Waals surface area (Å²) in [5, 5.41) is 18.1.